The van der Waals surface area contributed by atoms with Crippen LogP contribution >= 0.6 is 15.9 Å². The largest absolute Gasteiger partial charge is 0.313 e. The molecule has 1 aliphatic rings. The number of rotatable bonds is 5. The molecule has 0 radical (unpaired) electrons. The molecule has 0 unspecified atom stereocenters. The Kier molecular flexibility index (Phi) is 5.13. The van der Waals surface area contributed by atoms with Crippen molar-refractivity contribution in [3.63, 3.8) is 0 Å². The minimum atomic E-state index is -0.171. The van der Waals surface area contributed by atoms with Crippen molar-refractivity contribution in [1.82, 2.24) is 19.7 Å². The maximum absolute atomic E-state index is 14.1. The molecule has 4 rings (SSSR count). The van der Waals surface area contributed by atoms with E-state index in [1.807, 2.05) is 18.2 Å². The topological polar surface area (TPSA) is 34.0 Å². The Labute approximate surface area is 160 Å². The minimum Gasteiger partial charge on any atom is -0.313 e. The van der Waals surface area contributed by atoms with E-state index in [2.05, 4.69) is 59.9 Å². The zero-order valence-electron chi connectivity index (χ0n) is 14.4. The van der Waals surface area contributed by atoms with Gasteiger partial charge in [0.1, 0.15) is 17.5 Å². The van der Waals surface area contributed by atoms with Gasteiger partial charge in [-0.2, -0.15) is 0 Å². The summed E-state index contributed by atoms with van der Waals surface area (Å²) in [6, 6.07) is 15.7. The highest BCUT2D eigenvalue weighted by Crippen LogP contribution is 2.20. The van der Waals surface area contributed by atoms with Crippen molar-refractivity contribution < 1.29 is 4.39 Å². The SMILES string of the molecule is Fc1cc(Br)ccc1CN1CCn2c(CCc3ccccc3)nnc2C1. The first-order valence-corrected chi connectivity index (χ1v) is 9.59. The Morgan fingerprint density at radius 3 is 2.65 bits per heavy atom. The number of benzene rings is 2. The smallest absolute Gasteiger partial charge is 0.147 e. The van der Waals surface area contributed by atoms with Crippen LogP contribution in [0.15, 0.2) is 53.0 Å². The maximum atomic E-state index is 14.1. The van der Waals surface area contributed by atoms with Gasteiger partial charge in [0.2, 0.25) is 0 Å². The molecule has 0 saturated heterocycles. The number of aryl methyl sites for hydroxylation is 2. The highest BCUT2D eigenvalue weighted by Gasteiger charge is 2.21. The fourth-order valence-corrected chi connectivity index (χ4v) is 3.71. The Balaban J connectivity index is 1.41. The van der Waals surface area contributed by atoms with Crippen molar-refractivity contribution in [3.05, 3.63) is 81.6 Å². The summed E-state index contributed by atoms with van der Waals surface area (Å²) in [6.45, 7) is 3.02. The highest BCUT2D eigenvalue weighted by molar-refractivity contribution is 9.10. The van der Waals surface area contributed by atoms with Crippen molar-refractivity contribution in [2.45, 2.75) is 32.5 Å². The van der Waals surface area contributed by atoms with Crippen LogP contribution in [0.3, 0.4) is 0 Å². The summed E-state index contributed by atoms with van der Waals surface area (Å²) in [5.41, 5.74) is 2.03. The van der Waals surface area contributed by atoms with Gasteiger partial charge in [-0.25, -0.2) is 4.39 Å². The number of aromatic nitrogens is 3. The van der Waals surface area contributed by atoms with E-state index in [4.69, 9.17) is 0 Å². The number of nitrogens with zero attached hydrogens (tertiary/aromatic N) is 4. The van der Waals surface area contributed by atoms with E-state index in [9.17, 15) is 4.39 Å². The van der Waals surface area contributed by atoms with Gasteiger partial charge in [0.15, 0.2) is 0 Å². The molecule has 6 heteroatoms. The highest BCUT2D eigenvalue weighted by atomic mass is 79.9. The molecule has 0 fully saturated rings. The van der Waals surface area contributed by atoms with Crippen LogP contribution in [0.1, 0.15) is 22.8 Å². The molecule has 3 aromatic rings. The summed E-state index contributed by atoms with van der Waals surface area (Å²) < 4.78 is 17.1. The normalized spacial score (nSPS) is 14.4. The molecule has 0 atom stereocenters. The maximum Gasteiger partial charge on any atom is 0.147 e. The molecule has 4 nitrogen and oxygen atoms in total. The van der Waals surface area contributed by atoms with Crippen molar-refractivity contribution in [1.29, 1.82) is 0 Å². The van der Waals surface area contributed by atoms with Gasteiger partial charge in [0, 0.05) is 36.1 Å². The first-order valence-electron chi connectivity index (χ1n) is 8.80. The third kappa shape index (κ3) is 3.86. The van der Waals surface area contributed by atoms with Crippen LogP contribution in [-0.4, -0.2) is 26.2 Å². The lowest BCUT2D eigenvalue weighted by Gasteiger charge is -2.27. The van der Waals surface area contributed by atoms with Crippen LogP contribution in [0.25, 0.3) is 0 Å². The second-order valence-corrected chi connectivity index (χ2v) is 7.53. The van der Waals surface area contributed by atoms with Gasteiger partial charge in [-0.15, -0.1) is 10.2 Å². The van der Waals surface area contributed by atoms with Gasteiger partial charge in [-0.3, -0.25) is 4.90 Å². The molecule has 0 spiro atoms. The Bertz CT molecular complexity index is 894. The van der Waals surface area contributed by atoms with E-state index < -0.39 is 0 Å². The molecule has 0 amide bonds. The van der Waals surface area contributed by atoms with Gasteiger partial charge in [0.25, 0.3) is 0 Å². The lowest BCUT2D eigenvalue weighted by molar-refractivity contribution is 0.204. The minimum absolute atomic E-state index is 0.171. The Morgan fingerprint density at radius 1 is 1.00 bits per heavy atom. The molecule has 26 heavy (non-hydrogen) atoms. The third-order valence-corrected chi connectivity index (χ3v) is 5.29. The van der Waals surface area contributed by atoms with Crippen LogP contribution in [-0.2, 0) is 32.5 Å². The van der Waals surface area contributed by atoms with Gasteiger partial charge in [0.05, 0.1) is 6.54 Å². The molecule has 0 saturated carbocycles. The van der Waals surface area contributed by atoms with E-state index >= 15 is 0 Å². The summed E-state index contributed by atoms with van der Waals surface area (Å²) in [6.07, 6.45) is 1.85. The van der Waals surface area contributed by atoms with E-state index in [0.29, 0.717) is 18.7 Å². The summed E-state index contributed by atoms with van der Waals surface area (Å²) in [4.78, 5) is 2.22. The second kappa shape index (κ2) is 7.68. The lowest BCUT2D eigenvalue weighted by atomic mass is 10.1. The molecule has 2 aromatic carbocycles. The first-order chi connectivity index (χ1) is 12.7. The zero-order valence-corrected chi connectivity index (χ0v) is 16.0. The molecule has 1 aromatic heterocycles. The molecular formula is C20H20BrFN4. The van der Waals surface area contributed by atoms with Crippen LogP contribution in [0.2, 0.25) is 0 Å². The molecule has 0 aliphatic carbocycles. The predicted octanol–water partition coefficient (Wildman–Crippen LogP) is 3.98. The molecule has 1 aliphatic heterocycles. The molecular weight excluding hydrogens is 395 g/mol. The van der Waals surface area contributed by atoms with Crippen LogP contribution in [0.4, 0.5) is 4.39 Å². The van der Waals surface area contributed by atoms with Crippen molar-refractivity contribution in [3.8, 4) is 0 Å². The third-order valence-electron chi connectivity index (χ3n) is 4.80. The van der Waals surface area contributed by atoms with E-state index in [-0.39, 0.29) is 5.82 Å². The van der Waals surface area contributed by atoms with Crippen LogP contribution < -0.4 is 0 Å². The first kappa shape index (κ1) is 17.4. The Hall–Kier alpha value is -2.05. The average Bonchev–Trinajstić information content (AvgIpc) is 3.05. The average molecular weight is 415 g/mol. The van der Waals surface area contributed by atoms with Crippen LogP contribution in [0, 0.1) is 5.82 Å². The van der Waals surface area contributed by atoms with Gasteiger partial charge < -0.3 is 4.57 Å². The van der Waals surface area contributed by atoms with Crippen molar-refractivity contribution in [2.24, 2.45) is 0 Å². The number of hydrogen-bond acceptors (Lipinski definition) is 3. The summed E-state index contributed by atoms with van der Waals surface area (Å²) in [5, 5.41) is 8.76. The lowest BCUT2D eigenvalue weighted by Crippen LogP contribution is -2.34. The van der Waals surface area contributed by atoms with E-state index in [0.717, 1.165) is 42.1 Å². The number of halogens is 2. The van der Waals surface area contributed by atoms with Gasteiger partial charge in [-0.1, -0.05) is 52.3 Å². The molecule has 0 bridgehead atoms. The van der Waals surface area contributed by atoms with Crippen molar-refractivity contribution in [2.75, 3.05) is 6.54 Å². The van der Waals surface area contributed by atoms with E-state index in [1.165, 1.54) is 11.6 Å². The Morgan fingerprint density at radius 2 is 1.85 bits per heavy atom. The standard InChI is InChI=1S/C20H20BrFN4/c21-17-8-7-16(18(22)12-17)13-25-10-11-26-19(23-24-20(26)14-25)9-6-15-4-2-1-3-5-15/h1-5,7-8,12H,6,9-11,13-14H2. The molecule has 134 valence electrons. The number of fused-ring (bicyclic) bond motifs is 1. The van der Waals surface area contributed by atoms with Gasteiger partial charge >= 0.3 is 0 Å². The molecule has 0 N–H and O–H groups in total. The summed E-state index contributed by atoms with van der Waals surface area (Å²) in [5.74, 6) is 1.84. The second-order valence-electron chi connectivity index (χ2n) is 6.62. The fraction of sp³-hybridized carbons (Fsp3) is 0.300. The number of hydrogen-bond donors (Lipinski definition) is 0. The van der Waals surface area contributed by atoms with Crippen LogP contribution in [0.5, 0.6) is 0 Å². The summed E-state index contributed by atoms with van der Waals surface area (Å²) >= 11 is 3.30. The van der Waals surface area contributed by atoms with Gasteiger partial charge in [-0.05, 0) is 24.1 Å². The quantitative estimate of drug-likeness (QED) is 0.632. The zero-order chi connectivity index (χ0) is 17.9. The fourth-order valence-electron chi connectivity index (χ4n) is 3.38. The monoisotopic (exact) mass is 414 g/mol. The summed E-state index contributed by atoms with van der Waals surface area (Å²) in [7, 11) is 0. The predicted molar refractivity (Wildman–Crippen MR) is 102 cm³/mol. The molecule has 2 heterocycles. The van der Waals surface area contributed by atoms with Crippen molar-refractivity contribution >= 4 is 15.9 Å². The van der Waals surface area contributed by atoms with E-state index in [1.54, 1.807) is 0 Å².